The van der Waals surface area contributed by atoms with Gasteiger partial charge in [-0.3, -0.25) is 4.79 Å². The van der Waals surface area contributed by atoms with Gasteiger partial charge < -0.3 is 10.2 Å². The predicted molar refractivity (Wildman–Crippen MR) is 84.0 cm³/mol. The third-order valence-electron chi connectivity index (χ3n) is 4.40. The molecule has 3 nitrogen and oxygen atoms in total. The number of nitrogens with one attached hydrogen (secondary N) is 1. The topological polar surface area (TPSA) is 32.3 Å². The van der Waals surface area contributed by atoms with Gasteiger partial charge in [0.05, 0.1) is 0 Å². The summed E-state index contributed by atoms with van der Waals surface area (Å²) in [5, 5.41) is 3.43. The van der Waals surface area contributed by atoms with Crippen LogP contribution in [-0.4, -0.2) is 26.0 Å². The van der Waals surface area contributed by atoms with Gasteiger partial charge in [-0.15, -0.1) is 0 Å². The first-order valence-electron chi connectivity index (χ1n) is 7.62. The second-order valence-corrected chi connectivity index (χ2v) is 6.08. The van der Waals surface area contributed by atoms with Gasteiger partial charge in [0.15, 0.2) is 0 Å². The Morgan fingerprint density at radius 3 is 2.95 bits per heavy atom. The molecule has 0 aromatic heterocycles. The Kier molecular flexibility index (Phi) is 5.18. The van der Waals surface area contributed by atoms with Gasteiger partial charge in [0.2, 0.25) is 5.91 Å². The largest absolute Gasteiger partial charge is 0.316 e. The Morgan fingerprint density at radius 1 is 1.50 bits per heavy atom. The first-order valence-corrected chi connectivity index (χ1v) is 7.62. The average Bonchev–Trinajstić information content (AvgIpc) is 2.47. The molecule has 2 atom stereocenters. The number of aryl methyl sites for hydroxylation is 1. The van der Waals surface area contributed by atoms with E-state index >= 15 is 0 Å². The van der Waals surface area contributed by atoms with Crippen LogP contribution in [0.1, 0.15) is 31.7 Å². The molecule has 3 heteroatoms. The van der Waals surface area contributed by atoms with Crippen molar-refractivity contribution in [2.24, 2.45) is 11.8 Å². The molecule has 0 bridgehead atoms. The van der Waals surface area contributed by atoms with Crippen molar-refractivity contribution in [1.82, 2.24) is 5.32 Å². The Morgan fingerprint density at radius 2 is 2.30 bits per heavy atom. The van der Waals surface area contributed by atoms with Crippen molar-refractivity contribution in [3.8, 4) is 0 Å². The van der Waals surface area contributed by atoms with Crippen molar-refractivity contribution < 1.29 is 4.79 Å². The van der Waals surface area contributed by atoms with Gasteiger partial charge in [-0.1, -0.05) is 19.1 Å². The average molecular weight is 274 g/mol. The summed E-state index contributed by atoms with van der Waals surface area (Å²) in [7, 11) is 1.88. The van der Waals surface area contributed by atoms with Crippen LogP contribution >= 0.6 is 0 Å². The van der Waals surface area contributed by atoms with Crippen molar-refractivity contribution in [2.45, 2.75) is 33.1 Å². The zero-order valence-electron chi connectivity index (χ0n) is 12.9. The van der Waals surface area contributed by atoms with Gasteiger partial charge in [0.1, 0.15) is 0 Å². The lowest BCUT2D eigenvalue weighted by Gasteiger charge is -2.29. The maximum atomic E-state index is 12.4. The highest BCUT2D eigenvalue weighted by Gasteiger charge is 2.23. The van der Waals surface area contributed by atoms with Crippen LogP contribution in [0.2, 0.25) is 0 Å². The summed E-state index contributed by atoms with van der Waals surface area (Å²) in [6, 6.07) is 8.11. The lowest BCUT2D eigenvalue weighted by molar-refractivity contribution is -0.119. The first kappa shape index (κ1) is 15.0. The maximum Gasteiger partial charge on any atom is 0.226 e. The minimum Gasteiger partial charge on any atom is -0.316 e. The number of rotatable bonds is 4. The number of hydrogen-bond acceptors (Lipinski definition) is 2. The molecule has 1 aromatic carbocycles. The summed E-state index contributed by atoms with van der Waals surface area (Å²) in [6.07, 6.45) is 3.11. The summed E-state index contributed by atoms with van der Waals surface area (Å²) in [6.45, 7) is 6.45. The Hall–Kier alpha value is -1.35. The number of hydrogen-bond donors (Lipinski definition) is 1. The van der Waals surface area contributed by atoms with Gasteiger partial charge >= 0.3 is 0 Å². The second kappa shape index (κ2) is 6.89. The molecule has 0 aliphatic carbocycles. The summed E-state index contributed by atoms with van der Waals surface area (Å²) >= 11 is 0. The monoisotopic (exact) mass is 274 g/mol. The second-order valence-electron chi connectivity index (χ2n) is 6.08. The summed E-state index contributed by atoms with van der Waals surface area (Å²) < 4.78 is 0. The van der Waals surface area contributed by atoms with Crippen LogP contribution in [0.3, 0.4) is 0 Å². The number of amides is 1. The Labute approximate surface area is 122 Å². The molecule has 1 amide bonds. The van der Waals surface area contributed by atoms with Crippen LogP contribution in [0.25, 0.3) is 0 Å². The van der Waals surface area contributed by atoms with Crippen molar-refractivity contribution >= 4 is 11.6 Å². The van der Waals surface area contributed by atoms with E-state index in [9.17, 15) is 4.79 Å². The maximum absolute atomic E-state index is 12.4. The number of carbonyl (C=O) groups is 1. The highest BCUT2D eigenvalue weighted by molar-refractivity contribution is 5.92. The number of carbonyl (C=O) groups excluding carboxylic acids is 1. The quantitative estimate of drug-likeness (QED) is 0.915. The fourth-order valence-electron chi connectivity index (χ4n) is 2.92. The van der Waals surface area contributed by atoms with Crippen LogP contribution < -0.4 is 10.2 Å². The van der Waals surface area contributed by atoms with Crippen LogP contribution in [0.15, 0.2) is 24.3 Å². The molecule has 1 heterocycles. The van der Waals surface area contributed by atoms with Crippen molar-refractivity contribution in [3.63, 3.8) is 0 Å². The number of piperidine rings is 1. The molecule has 1 N–H and O–H groups in total. The molecular formula is C17H26N2O. The van der Waals surface area contributed by atoms with E-state index in [0.29, 0.717) is 18.3 Å². The van der Waals surface area contributed by atoms with Crippen LogP contribution in [0.4, 0.5) is 5.69 Å². The van der Waals surface area contributed by atoms with E-state index in [4.69, 9.17) is 0 Å². The first-order chi connectivity index (χ1) is 9.58. The standard InChI is InChI=1S/C17H26N2O/c1-13-6-4-8-16(10-13)19(3)17(20)11-14(2)15-7-5-9-18-12-15/h4,6,8,10,14-15,18H,5,7,9,11-12H2,1-3H3. The van der Waals surface area contributed by atoms with E-state index in [-0.39, 0.29) is 5.91 Å². The molecule has 0 spiro atoms. The SMILES string of the molecule is Cc1cccc(N(C)C(=O)CC(C)C2CCCNC2)c1. The smallest absolute Gasteiger partial charge is 0.226 e. The fraction of sp³-hybridized carbons (Fsp3) is 0.588. The van der Waals surface area contributed by atoms with Crippen LogP contribution in [0, 0.1) is 18.8 Å². The van der Waals surface area contributed by atoms with E-state index in [2.05, 4.69) is 31.3 Å². The lowest BCUT2D eigenvalue weighted by Crippen LogP contribution is -2.36. The van der Waals surface area contributed by atoms with E-state index in [1.54, 1.807) is 4.90 Å². The summed E-state index contributed by atoms with van der Waals surface area (Å²) in [4.78, 5) is 14.2. The van der Waals surface area contributed by atoms with Gasteiger partial charge in [-0.25, -0.2) is 0 Å². The van der Waals surface area contributed by atoms with Gasteiger partial charge in [0.25, 0.3) is 0 Å². The zero-order valence-corrected chi connectivity index (χ0v) is 12.9. The molecule has 1 aliphatic heterocycles. The van der Waals surface area contributed by atoms with Crippen molar-refractivity contribution in [2.75, 3.05) is 25.0 Å². The molecule has 110 valence electrons. The lowest BCUT2D eigenvalue weighted by atomic mass is 9.85. The number of nitrogens with zero attached hydrogens (tertiary/aromatic N) is 1. The van der Waals surface area contributed by atoms with Crippen molar-refractivity contribution in [3.05, 3.63) is 29.8 Å². The molecule has 2 unspecified atom stereocenters. The van der Waals surface area contributed by atoms with E-state index < -0.39 is 0 Å². The highest BCUT2D eigenvalue weighted by atomic mass is 16.2. The van der Waals surface area contributed by atoms with E-state index in [1.807, 2.05) is 19.2 Å². The van der Waals surface area contributed by atoms with Gasteiger partial charge in [-0.2, -0.15) is 0 Å². The Bertz CT molecular complexity index is 452. The number of benzene rings is 1. The van der Waals surface area contributed by atoms with Crippen molar-refractivity contribution in [1.29, 1.82) is 0 Å². The molecule has 0 radical (unpaired) electrons. The minimum absolute atomic E-state index is 0.216. The molecule has 1 aliphatic rings. The third-order valence-corrected chi connectivity index (χ3v) is 4.40. The third kappa shape index (κ3) is 3.83. The van der Waals surface area contributed by atoms with E-state index in [1.165, 1.54) is 18.4 Å². The molecular weight excluding hydrogens is 248 g/mol. The van der Waals surface area contributed by atoms with Gasteiger partial charge in [-0.05, 0) is 62.4 Å². The van der Waals surface area contributed by atoms with Crippen LogP contribution in [-0.2, 0) is 4.79 Å². The predicted octanol–water partition coefficient (Wildman–Crippen LogP) is 2.98. The van der Waals surface area contributed by atoms with E-state index in [0.717, 1.165) is 18.8 Å². The fourth-order valence-corrected chi connectivity index (χ4v) is 2.92. The molecule has 1 saturated heterocycles. The highest BCUT2D eigenvalue weighted by Crippen LogP contribution is 2.24. The molecule has 20 heavy (non-hydrogen) atoms. The Balaban J connectivity index is 1.93. The number of anilines is 1. The normalized spacial score (nSPS) is 20.4. The summed E-state index contributed by atoms with van der Waals surface area (Å²) in [5.41, 5.74) is 2.18. The summed E-state index contributed by atoms with van der Waals surface area (Å²) in [5.74, 6) is 1.30. The molecule has 2 rings (SSSR count). The molecule has 1 fully saturated rings. The van der Waals surface area contributed by atoms with Crippen LogP contribution in [0.5, 0.6) is 0 Å². The minimum atomic E-state index is 0.216. The molecule has 1 aromatic rings. The van der Waals surface area contributed by atoms with Gasteiger partial charge in [0, 0.05) is 19.2 Å². The molecule has 0 saturated carbocycles. The zero-order chi connectivity index (χ0) is 14.5.